The Morgan fingerprint density at radius 1 is 1.13 bits per heavy atom. The van der Waals surface area contributed by atoms with Crippen LogP contribution in [0.4, 0.5) is 10.1 Å². The molecule has 31 heavy (non-hydrogen) atoms. The lowest BCUT2D eigenvalue weighted by Crippen LogP contribution is -2.36. The fourth-order valence-electron chi connectivity index (χ4n) is 3.42. The monoisotopic (exact) mass is 450 g/mol. The predicted octanol–water partition coefficient (Wildman–Crippen LogP) is 3.81. The molecular weight excluding hydrogens is 423 g/mol. The Labute approximate surface area is 182 Å². The van der Waals surface area contributed by atoms with Crippen LogP contribution in [0, 0.1) is 5.82 Å². The Morgan fingerprint density at radius 3 is 2.42 bits per heavy atom. The van der Waals surface area contributed by atoms with Gasteiger partial charge in [0.05, 0.1) is 7.11 Å². The van der Waals surface area contributed by atoms with Crippen molar-refractivity contribution in [3.05, 3.63) is 48.3 Å². The number of halogens is 1. The maximum Gasteiger partial charge on any atom is 0.265 e. The number of methoxy groups -OCH3 is 1. The number of nitrogens with one attached hydrogen (secondary N) is 1. The zero-order chi connectivity index (χ0) is 22.4. The number of ether oxygens (including phenoxy) is 2. The molecule has 1 N–H and O–H groups in total. The minimum absolute atomic E-state index is 0.0159. The lowest BCUT2D eigenvalue weighted by molar-refractivity contribution is -0.122. The topological polar surface area (TPSA) is 84.9 Å². The van der Waals surface area contributed by atoms with Crippen LogP contribution in [0.15, 0.2) is 47.4 Å². The summed E-state index contributed by atoms with van der Waals surface area (Å²) in [6.45, 7) is 2.71. The zero-order valence-electron chi connectivity index (χ0n) is 17.6. The van der Waals surface area contributed by atoms with Crippen LogP contribution in [0.1, 0.15) is 32.6 Å². The van der Waals surface area contributed by atoms with Gasteiger partial charge in [-0.2, -0.15) is 4.31 Å². The number of piperidine rings is 1. The van der Waals surface area contributed by atoms with Crippen LogP contribution in [0.3, 0.4) is 0 Å². The van der Waals surface area contributed by atoms with Gasteiger partial charge in [-0.05, 0) is 61.7 Å². The van der Waals surface area contributed by atoms with Crippen molar-refractivity contribution in [1.29, 1.82) is 0 Å². The SMILES string of the molecule is CC[C@@H](Oc1ccc(F)cc1)C(=O)Nc1ccc(OC)c(S(=O)(=O)N2CCCCC2)c1. The second-order valence-corrected chi connectivity index (χ2v) is 9.19. The maximum atomic E-state index is 13.1. The van der Waals surface area contributed by atoms with E-state index in [2.05, 4.69) is 5.32 Å². The molecule has 0 spiro atoms. The first-order valence-corrected chi connectivity index (χ1v) is 11.7. The number of sulfonamides is 1. The number of hydrogen-bond donors (Lipinski definition) is 1. The summed E-state index contributed by atoms with van der Waals surface area (Å²) in [5, 5.41) is 2.71. The highest BCUT2D eigenvalue weighted by molar-refractivity contribution is 7.89. The molecule has 1 saturated heterocycles. The number of carbonyl (C=O) groups is 1. The van der Waals surface area contributed by atoms with E-state index in [4.69, 9.17) is 9.47 Å². The van der Waals surface area contributed by atoms with Crippen LogP contribution in [0.2, 0.25) is 0 Å². The molecule has 0 bridgehead atoms. The van der Waals surface area contributed by atoms with E-state index in [0.29, 0.717) is 30.9 Å². The van der Waals surface area contributed by atoms with Crippen LogP contribution >= 0.6 is 0 Å². The van der Waals surface area contributed by atoms with E-state index in [1.165, 1.54) is 47.8 Å². The second kappa shape index (κ2) is 10.1. The van der Waals surface area contributed by atoms with E-state index in [0.717, 1.165) is 19.3 Å². The molecule has 1 aliphatic rings. The molecule has 0 unspecified atom stereocenters. The van der Waals surface area contributed by atoms with E-state index in [-0.39, 0.29) is 10.6 Å². The molecule has 3 rings (SSSR count). The van der Waals surface area contributed by atoms with Gasteiger partial charge in [-0.3, -0.25) is 4.79 Å². The van der Waals surface area contributed by atoms with Crippen molar-refractivity contribution in [2.45, 2.75) is 43.6 Å². The molecule has 0 saturated carbocycles. The van der Waals surface area contributed by atoms with E-state index in [1.807, 2.05) is 0 Å². The van der Waals surface area contributed by atoms with Gasteiger partial charge in [0.1, 0.15) is 22.2 Å². The molecule has 2 aromatic carbocycles. The van der Waals surface area contributed by atoms with Crippen LogP contribution in [0.25, 0.3) is 0 Å². The molecule has 1 heterocycles. The van der Waals surface area contributed by atoms with Crippen LogP contribution in [0.5, 0.6) is 11.5 Å². The number of amides is 1. The largest absolute Gasteiger partial charge is 0.495 e. The number of hydrogen-bond acceptors (Lipinski definition) is 5. The Kier molecular flexibility index (Phi) is 7.50. The molecule has 9 heteroatoms. The van der Waals surface area contributed by atoms with Crippen molar-refractivity contribution in [2.24, 2.45) is 0 Å². The fraction of sp³-hybridized carbons (Fsp3) is 0.409. The Bertz CT molecular complexity index is 1010. The van der Waals surface area contributed by atoms with Gasteiger partial charge < -0.3 is 14.8 Å². The minimum atomic E-state index is -3.75. The summed E-state index contributed by atoms with van der Waals surface area (Å²) >= 11 is 0. The average molecular weight is 451 g/mol. The van der Waals surface area contributed by atoms with Gasteiger partial charge in [0.25, 0.3) is 5.91 Å². The lowest BCUT2D eigenvalue weighted by Gasteiger charge is -2.26. The molecule has 1 aliphatic heterocycles. The van der Waals surface area contributed by atoms with Crippen molar-refractivity contribution in [1.82, 2.24) is 4.31 Å². The van der Waals surface area contributed by atoms with Gasteiger partial charge in [-0.15, -0.1) is 0 Å². The fourth-order valence-corrected chi connectivity index (χ4v) is 5.12. The predicted molar refractivity (Wildman–Crippen MR) is 115 cm³/mol. The molecule has 7 nitrogen and oxygen atoms in total. The third-order valence-electron chi connectivity index (χ3n) is 5.12. The van der Waals surface area contributed by atoms with Gasteiger partial charge >= 0.3 is 0 Å². The van der Waals surface area contributed by atoms with Gasteiger partial charge in [-0.1, -0.05) is 13.3 Å². The first-order chi connectivity index (χ1) is 14.8. The third kappa shape index (κ3) is 5.54. The Morgan fingerprint density at radius 2 is 1.81 bits per heavy atom. The number of carbonyl (C=O) groups excluding carboxylic acids is 1. The zero-order valence-corrected chi connectivity index (χ0v) is 18.5. The van der Waals surface area contributed by atoms with Gasteiger partial charge in [0.15, 0.2) is 6.10 Å². The van der Waals surface area contributed by atoms with E-state index in [9.17, 15) is 17.6 Å². The lowest BCUT2D eigenvalue weighted by atomic mass is 10.2. The summed E-state index contributed by atoms with van der Waals surface area (Å²) in [4.78, 5) is 12.7. The van der Waals surface area contributed by atoms with Crippen molar-refractivity contribution in [3.8, 4) is 11.5 Å². The Hall–Kier alpha value is -2.65. The summed E-state index contributed by atoms with van der Waals surface area (Å²) in [7, 11) is -2.34. The first kappa shape index (κ1) is 23.0. The molecule has 1 atom stereocenters. The highest BCUT2D eigenvalue weighted by Crippen LogP contribution is 2.31. The number of benzene rings is 2. The molecule has 0 radical (unpaired) electrons. The summed E-state index contributed by atoms with van der Waals surface area (Å²) in [6.07, 6.45) is 2.19. The number of rotatable bonds is 8. The van der Waals surface area contributed by atoms with E-state index in [1.54, 1.807) is 13.0 Å². The van der Waals surface area contributed by atoms with Crippen LogP contribution in [-0.2, 0) is 14.8 Å². The van der Waals surface area contributed by atoms with Crippen molar-refractivity contribution in [3.63, 3.8) is 0 Å². The molecule has 1 amide bonds. The highest BCUT2D eigenvalue weighted by atomic mass is 32.2. The van der Waals surface area contributed by atoms with E-state index < -0.39 is 27.9 Å². The second-order valence-electron chi connectivity index (χ2n) is 7.29. The summed E-state index contributed by atoms with van der Waals surface area (Å²) in [5.74, 6) is -0.242. The van der Waals surface area contributed by atoms with Crippen LogP contribution < -0.4 is 14.8 Å². The smallest absolute Gasteiger partial charge is 0.265 e. The highest BCUT2D eigenvalue weighted by Gasteiger charge is 2.29. The van der Waals surface area contributed by atoms with Crippen molar-refractivity contribution >= 4 is 21.6 Å². The normalized spacial score (nSPS) is 15.8. The first-order valence-electron chi connectivity index (χ1n) is 10.3. The molecule has 0 aromatic heterocycles. The van der Waals surface area contributed by atoms with Gasteiger partial charge in [0.2, 0.25) is 10.0 Å². The Balaban J connectivity index is 1.79. The molecular formula is C22H27FN2O5S. The number of anilines is 1. The van der Waals surface area contributed by atoms with E-state index >= 15 is 0 Å². The molecule has 2 aromatic rings. The summed E-state index contributed by atoms with van der Waals surface area (Å²) < 4.78 is 51.7. The van der Waals surface area contributed by atoms with Crippen molar-refractivity contribution < 1.29 is 27.1 Å². The quantitative estimate of drug-likeness (QED) is 0.661. The molecule has 0 aliphatic carbocycles. The average Bonchev–Trinajstić information content (AvgIpc) is 2.79. The van der Waals surface area contributed by atoms with Gasteiger partial charge in [-0.25, -0.2) is 12.8 Å². The summed E-state index contributed by atoms with van der Waals surface area (Å²) in [6, 6.07) is 9.91. The maximum absolute atomic E-state index is 13.1. The molecule has 168 valence electrons. The van der Waals surface area contributed by atoms with Crippen molar-refractivity contribution in [2.75, 3.05) is 25.5 Å². The number of nitrogens with zero attached hydrogens (tertiary/aromatic N) is 1. The van der Waals surface area contributed by atoms with Gasteiger partial charge in [0, 0.05) is 18.8 Å². The van der Waals surface area contributed by atoms with Crippen LogP contribution in [-0.4, -0.2) is 44.9 Å². The standard InChI is InChI=1S/C22H27FN2O5S/c1-3-19(30-18-10-7-16(23)8-11-18)22(26)24-17-9-12-20(29-2)21(15-17)31(27,28)25-13-5-4-6-14-25/h7-12,15,19H,3-6,13-14H2,1-2H3,(H,24,26)/t19-/m1/s1. The third-order valence-corrected chi connectivity index (χ3v) is 7.04. The molecule has 1 fully saturated rings. The summed E-state index contributed by atoms with van der Waals surface area (Å²) in [5.41, 5.74) is 0.322. The minimum Gasteiger partial charge on any atom is -0.495 e.